The summed E-state index contributed by atoms with van der Waals surface area (Å²) in [6.45, 7) is 0. The molecule has 5 heteroatoms. The van der Waals surface area contributed by atoms with E-state index in [0.29, 0.717) is 5.92 Å². The third-order valence-corrected chi connectivity index (χ3v) is 4.32. The van der Waals surface area contributed by atoms with Crippen LogP contribution in [-0.2, 0) is 4.79 Å². The maximum atomic E-state index is 11.0. The third-order valence-electron chi connectivity index (χ3n) is 3.53. The number of rotatable bonds is 6. The Labute approximate surface area is 123 Å². The molecule has 0 saturated heterocycles. The summed E-state index contributed by atoms with van der Waals surface area (Å²) < 4.78 is 5.39. The van der Waals surface area contributed by atoms with Crippen LogP contribution in [0, 0.1) is 5.92 Å². The lowest BCUT2D eigenvalue weighted by atomic mass is 9.72. The molecule has 0 aliphatic heterocycles. The molecule has 0 radical (unpaired) electrons. The average molecular weight is 378 g/mol. The van der Waals surface area contributed by atoms with Gasteiger partial charge in [0.2, 0.25) is 0 Å². The zero-order chi connectivity index (χ0) is 13.0. The van der Waals surface area contributed by atoms with Gasteiger partial charge in [0.05, 0.1) is 6.42 Å². The summed E-state index contributed by atoms with van der Waals surface area (Å²) in [6.07, 6.45) is 3.72. The molecular formula is C13H15IO3S. The highest BCUT2D eigenvalue weighted by atomic mass is 127. The zero-order valence-corrected chi connectivity index (χ0v) is 12.8. The van der Waals surface area contributed by atoms with E-state index in [1.165, 1.54) is 15.6 Å². The topological polar surface area (TPSA) is 46.5 Å². The van der Waals surface area contributed by atoms with Crippen LogP contribution in [0.2, 0.25) is 0 Å². The molecule has 0 heterocycles. The Morgan fingerprint density at radius 1 is 1.56 bits per heavy atom. The van der Waals surface area contributed by atoms with E-state index in [-0.39, 0.29) is 12.3 Å². The highest BCUT2D eigenvalue weighted by molar-refractivity contribution is 14.2. The van der Waals surface area contributed by atoms with Crippen LogP contribution < -0.4 is 4.18 Å². The minimum Gasteiger partial charge on any atom is -0.481 e. The summed E-state index contributed by atoms with van der Waals surface area (Å²) in [5, 5.41) is 9.05. The van der Waals surface area contributed by atoms with Gasteiger partial charge in [-0.2, -0.15) is 0 Å². The monoisotopic (exact) mass is 378 g/mol. The van der Waals surface area contributed by atoms with Crippen LogP contribution in [0.1, 0.15) is 37.2 Å². The second-order valence-corrected chi connectivity index (χ2v) is 5.99. The van der Waals surface area contributed by atoms with Crippen molar-refractivity contribution in [2.75, 3.05) is 0 Å². The van der Waals surface area contributed by atoms with Gasteiger partial charge >= 0.3 is 5.97 Å². The summed E-state index contributed by atoms with van der Waals surface area (Å²) in [7, 11) is 1.27. The Morgan fingerprint density at radius 2 is 2.33 bits per heavy atom. The zero-order valence-electron chi connectivity index (χ0n) is 9.84. The smallest absolute Gasteiger partial charge is 0.303 e. The summed E-state index contributed by atoms with van der Waals surface area (Å²) in [5.41, 5.74) is 1.09. The molecule has 1 unspecified atom stereocenters. The molecule has 0 bridgehead atoms. The van der Waals surface area contributed by atoms with Crippen LogP contribution in [0.15, 0.2) is 24.3 Å². The Morgan fingerprint density at radius 3 is 2.89 bits per heavy atom. The molecule has 0 amide bonds. The number of carboxylic acids is 1. The summed E-state index contributed by atoms with van der Waals surface area (Å²) in [5.74, 6) is 0.714. The Balaban J connectivity index is 2.17. The number of halogens is 1. The van der Waals surface area contributed by atoms with Gasteiger partial charge in [0.15, 0.2) is 0 Å². The number of benzene rings is 1. The Kier molecular flexibility index (Phi) is 5.17. The fourth-order valence-corrected chi connectivity index (χ4v) is 3.22. The first kappa shape index (κ1) is 14.0. The molecule has 98 valence electrons. The molecule has 1 aromatic rings. The van der Waals surface area contributed by atoms with Gasteiger partial charge in [0.25, 0.3) is 0 Å². The van der Waals surface area contributed by atoms with Crippen molar-refractivity contribution in [1.82, 2.24) is 0 Å². The van der Waals surface area contributed by atoms with Gasteiger partial charge in [0, 0.05) is 21.2 Å². The molecule has 1 fully saturated rings. The van der Waals surface area contributed by atoms with Crippen LogP contribution in [0.3, 0.4) is 0 Å². The Hall–Kier alpha value is -0.430. The van der Waals surface area contributed by atoms with Crippen molar-refractivity contribution in [1.29, 1.82) is 0 Å². The lowest BCUT2D eigenvalue weighted by Crippen LogP contribution is -2.22. The fraction of sp³-hybridized carbons (Fsp3) is 0.462. The lowest BCUT2D eigenvalue weighted by Gasteiger charge is -2.33. The molecule has 1 aliphatic rings. The van der Waals surface area contributed by atoms with Gasteiger partial charge in [-0.15, -0.1) is 0 Å². The van der Waals surface area contributed by atoms with E-state index in [0.717, 1.165) is 24.2 Å². The molecule has 0 aromatic heterocycles. The summed E-state index contributed by atoms with van der Waals surface area (Å²) >= 11 is 2.07. The molecule has 0 spiro atoms. The van der Waals surface area contributed by atoms with Gasteiger partial charge < -0.3 is 9.29 Å². The SMILES string of the molecule is O=C(O)CC(c1cccc(OSI)c1)C1CCC1. The first-order chi connectivity index (χ1) is 8.70. The van der Waals surface area contributed by atoms with Gasteiger partial charge in [-0.25, -0.2) is 0 Å². The quantitative estimate of drug-likeness (QED) is 0.588. The molecule has 1 atom stereocenters. The number of carbonyl (C=O) groups is 1. The van der Waals surface area contributed by atoms with Crippen LogP contribution >= 0.6 is 30.4 Å². The van der Waals surface area contributed by atoms with Gasteiger partial charge in [-0.3, -0.25) is 4.79 Å². The molecule has 3 nitrogen and oxygen atoms in total. The fourth-order valence-electron chi connectivity index (χ4n) is 2.42. The minimum absolute atomic E-state index is 0.124. The Bertz CT molecular complexity index is 420. The first-order valence-electron chi connectivity index (χ1n) is 5.97. The van der Waals surface area contributed by atoms with Crippen molar-refractivity contribution < 1.29 is 14.1 Å². The van der Waals surface area contributed by atoms with Crippen molar-refractivity contribution in [3.63, 3.8) is 0 Å². The van der Waals surface area contributed by atoms with Gasteiger partial charge in [0.1, 0.15) is 15.0 Å². The van der Waals surface area contributed by atoms with Crippen molar-refractivity contribution >= 4 is 36.4 Å². The van der Waals surface area contributed by atoms with Crippen molar-refractivity contribution in [3.8, 4) is 5.75 Å². The highest BCUT2D eigenvalue weighted by Gasteiger charge is 2.30. The van der Waals surface area contributed by atoms with Crippen LogP contribution in [0.5, 0.6) is 5.75 Å². The standard InChI is InChI=1S/C13H15IO3S/c14-18-17-11-6-2-5-10(7-11)12(8-13(15)16)9-3-1-4-9/h2,5-7,9,12H,1,3-4,8H2,(H,15,16). The average Bonchev–Trinajstić information content (AvgIpc) is 2.26. The second kappa shape index (κ2) is 6.65. The maximum absolute atomic E-state index is 11.0. The molecule has 1 N–H and O–H groups in total. The van der Waals surface area contributed by atoms with E-state index in [2.05, 4.69) is 21.2 Å². The third kappa shape index (κ3) is 3.54. The van der Waals surface area contributed by atoms with E-state index in [9.17, 15) is 4.79 Å². The minimum atomic E-state index is -0.721. The molecule has 1 aromatic carbocycles. The van der Waals surface area contributed by atoms with Gasteiger partial charge in [-0.1, -0.05) is 18.6 Å². The predicted octanol–water partition coefficient (Wildman–Crippen LogP) is 4.42. The number of aliphatic carboxylic acids is 1. The largest absolute Gasteiger partial charge is 0.481 e. The van der Waals surface area contributed by atoms with E-state index in [4.69, 9.17) is 9.29 Å². The lowest BCUT2D eigenvalue weighted by molar-refractivity contribution is -0.138. The van der Waals surface area contributed by atoms with Crippen molar-refractivity contribution in [2.24, 2.45) is 5.92 Å². The number of carboxylic acid groups (broad SMARTS) is 1. The van der Waals surface area contributed by atoms with Crippen molar-refractivity contribution in [2.45, 2.75) is 31.6 Å². The van der Waals surface area contributed by atoms with E-state index >= 15 is 0 Å². The first-order valence-corrected chi connectivity index (χ1v) is 9.26. The molecule has 1 aliphatic carbocycles. The van der Waals surface area contributed by atoms with Crippen molar-refractivity contribution in [3.05, 3.63) is 29.8 Å². The van der Waals surface area contributed by atoms with Gasteiger partial charge in [-0.05, 0) is 42.4 Å². The van der Waals surface area contributed by atoms with E-state index in [1.807, 2.05) is 24.3 Å². The molecule has 2 rings (SSSR count). The molecule has 18 heavy (non-hydrogen) atoms. The summed E-state index contributed by atoms with van der Waals surface area (Å²) in [6, 6.07) is 7.81. The van der Waals surface area contributed by atoms with Crippen LogP contribution in [0.4, 0.5) is 0 Å². The van der Waals surface area contributed by atoms with Crippen LogP contribution in [-0.4, -0.2) is 11.1 Å². The van der Waals surface area contributed by atoms with E-state index in [1.54, 1.807) is 0 Å². The normalized spacial score (nSPS) is 16.9. The predicted molar refractivity (Wildman–Crippen MR) is 81.0 cm³/mol. The highest BCUT2D eigenvalue weighted by Crippen LogP contribution is 2.42. The molecular weight excluding hydrogens is 363 g/mol. The van der Waals surface area contributed by atoms with E-state index < -0.39 is 5.97 Å². The number of hydrogen-bond acceptors (Lipinski definition) is 3. The van der Waals surface area contributed by atoms with Crippen LogP contribution in [0.25, 0.3) is 0 Å². The second-order valence-electron chi connectivity index (χ2n) is 4.61. The number of hydrogen-bond donors (Lipinski definition) is 1. The maximum Gasteiger partial charge on any atom is 0.303 e. The molecule has 1 saturated carbocycles. The summed E-state index contributed by atoms with van der Waals surface area (Å²) in [4.78, 5) is 11.0.